The van der Waals surface area contributed by atoms with Crippen molar-refractivity contribution in [3.63, 3.8) is 0 Å². The summed E-state index contributed by atoms with van der Waals surface area (Å²) in [6.45, 7) is 0. The molecule has 0 bridgehead atoms. The zero-order chi connectivity index (χ0) is 9.54. The van der Waals surface area contributed by atoms with Crippen molar-refractivity contribution >= 4 is 11.5 Å². The molecule has 0 saturated heterocycles. The zero-order valence-electron chi connectivity index (χ0n) is 7.44. The van der Waals surface area contributed by atoms with Gasteiger partial charge in [0, 0.05) is 5.56 Å². The molecule has 0 fully saturated rings. The van der Waals surface area contributed by atoms with E-state index < -0.39 is 0 Å². The minimum atomic E-state index is -0.190. The van der Waals surface area contributed by atoms with Gasteiger partial charge in [0.05, 0.1) is 0 Å². The molecule has 3 rings (SSSR count). The van der Waals surface area contributed by atoms with E-state index in [4.69, 9.17) is 4.74 Å². The van der Waals surface area contributed by atoms with Gasteiger partial charge in [-0.1, -0.05) is 36.4 Å². The summed E-state index contributed by atoms with van der Waals surface area (Å²) >= 11 is 0. The van der Waals surface area contributed by atoms with Gasteiger partial charge in [-0.3, -0.25) is 4.79 Å². The molecule has 2 heteroatoms. The van der Waals surface area contributed by atoms with Crippen LogP contribution < -0.4 is 4.74 Å². The van der Waals surface area contributed by atoms with E-state index in [-0.39, 0.29) is 11.9 Å². The predicted octanol–water partition coefficient (Wildman–Crippen LogP) is 2.17. The highest BCUT2D eigenvalue weighted by molar-refractivity contribution is 5.98. The van der Waals surface area contributed by atoms with Crippen LogP contribution in [-0.2, 0) is 4.79 Å². The number of esters is 1. The van der Waals surface area contributed by atoms with E-state index in [1.54, 1.807) is 0 Å². The number of para-hydroxylation sites is 1. The molecule has 0 spiro atoms. The third-order valence-electron chi connectivity index (χ3n) is 2.58. The van der Waals surface area contributed by atoms with Crippen LogP contribution >= 0.6 is 0 Å². The Morgan fingerprint density at radius 1 is 1.21 bits per heavy atom. The highest BCUT2D eigenvalue weighted by Gasteiger charge is 2.32. The Hall–Kier alpha value is -1.83. The molecule has 1 aromatic rings. The van der Waals surface area contributed by atoms with E-state index in [1.165, 1.54) is 0 Å². The standard InChI is InChI=1S/C12H8O2/c13-12-10-6-3-5-8(10)9-4-1-2-7-11(9)14-12/h1-7,10H. The number of rotatable bonds is 0. The SMILES string of the molecule is O=C1Oc2ccccc2C2=CC=CC12. The summed E-state index contributed by atoms with van der Waals surface area (Å²) < 4.78 is 5.21. The van der Waals surface area contributed by atoms with Crippen molar-refractivity contribution in [3.8, 4) is 5.75 Å². The Morgan fingerprint density at radius 2 is 2.07 bits per heavy atom. The van der Waals surface area contributed by atoms with Crippen molar-refractivity contribution in [1.82, 2.24) is 0 Å². The maximum absolute atomic E-state index is 11.5. The molecule has 2 nitrogen and oxygen atoms in total. The minimum absolute atomic E-state index is 0.177. The molecule has 0 radical (unpaired) electrons. The largest absolute Gasteiger partial charge is 0.425 e. The van der Waals surface area contributed by atoms with Crippen LogP contribution in [0.15, 0.2) is 42.5 Å². The van der Waals surface area contributed by atoms with Crippen molar-refractivity contribution in [1.29, 1.82) is 0 Å². The lowest BCUT2D eigenvalue weighted by molar-refractivity contribution is -0.136. The van der Waals surface area contributed by atoms with Crippen LogP contribution in [-0.4, -0.2) is 5.97 Å². The van der Waals surface area contributed by atoms with Crippen molar-refractivity contribution in [2.45, 2.75) is 0 Å². The van der Waals surface area contributed by atoms with E-state index in [0.29, 0.717) is 5.75 Å². The number of allylic oxidation sites excluding steroid dienone is 2. The third kappa shape index (κ3) is 0.880. The van der Waals surface area contributed by atoms with Gasteiger partial charge in [-0.2, -0.15) is 0 Å². The molecule has 68 valence electrons. The molecular weight excluding hydrogens is 176 g/mol. The monoisotopic (exact) mass is 184 g/mol. The second-order valence-corrected chi connectivity index (χ2v) is 3.40. The summed E-state index contributed by atoms with van der Waals surface area (Å²) in [5, 5.41) is 0. The topological polar surface area (TPSA) is 26.3 Å². The van der Waals surface area contributed by atoms with Crippen LogP contribution in [0.3, 0.4) is 0 Å². The van der Waals surface area contributed by atoms with Crippen LogP contribution in [0.4, 0.5) is 0 Å². The lowest BCUT2D eigenvalue weighted by atomic mass is 9.93. The van der Waals surface area contributed by atoms with Crippen molar-refractivity contribution in [2.24, 2.45) is 5.92 Å². The van der Waals surface area contributed by atoms with Crippen molar-refractivity contribution in [3.05, 3.63) is 48.1 Å². The van der Waals surface area contributed by atoms with Gasteiger partial charge in [-0.05, 0) is 11.6 Å². The quantitative estimate of drug-likeness (QED) is 0.456. The van der Waals surface area contributed by atoms with Gasteiger partial charge in [0.25, 0.3) is 0 Å². The Kier molecular flexibility index (Phi) is 1.39. The highest BCUT2D eigenvalue weighted by Crippen LogP contribution is 2.39. The molecule has 1 heterocycles. The lowest BCUT2D eigenvalue weighted by Crippen LogP contribution is -2.23. The van der Waals surface area contributed by atoms with E-state index in [2.05, 4.69) is 0 Å². The summed E-state index contributed by atoms with van der Waals surface area (Å²) in [4.78, 5) is 11.5. The average molecular weight is 184 g/mol. The maximum Gasteiger partial charge on any atom is 0.322 e. The molecule has 0 saturated carbocycles. The predicted molar refractivity (Wildman–Crippen MR) is 52.7 cm³/mol. The molecule has 0 aromatic heterocycles. The number of hydrogen-bond acceptors (Lipinski definition) is 2. The first kappa shape index (κ1) is 7.56. The maximum atomic E-state index is 11.5. The van der Waals surface area contributed by atoms with Gasteiger partial charge in [-0.25, -0.2) is 0 Å². The van der Waals surface area contributed by atoms with Crippen LogP contribution in [0, 0.1) is 5.92 Å². The Labute approximate surface area is 81.5 Å². The number of carbonyl (C=O) groups is 1. The van der Waals surface area contributed by atoms with Crippen LogP contribution in [0.2, 0.25) is 0 Å². The third-order valence-corrected chi connectivity index (χ3v) is 2.58. The normalized spacial score (nSPS) is 22.4. The number of carbonyl (C=O) groups excluding carboxylic acids is 1. The van der Waals surface area contributed by atoms with E-state index in [0.717, 1.165) is 11.1 Å². The summed E-state index contributed by atoms with van der Waals surface area (Å²) in [7, 11) is 0. The van der Waals surface area contributed by atoms with Gasteiger partial charge in [0.2, 0.25) is 0 Å². The van der Waals surface area contributed by atoms with Crippen LogP contribution in [0.25, 0.3) is 5.57 Å². The first-order valence-corrected chi connectivity index (χ1v) is 4.56. The number of benzene rings is 1. The molecule has 1 atom stereocenters. The first-order chi connectivity index (χ1) is 6.86. The number of fused-ring (bicyclic) bond motifs is 3. The summed E-state index contributed by atoms with van der Waals surface area (Å²) in [6.07, 6.45) is 5.75. The molecule has 0 amide bonds. The Balaban J connectivity index is 2.22. The Bertz CT molecular complexity index is 469. The minimum Gasteiger partial charge on any atom is -0.425 e. The van der Waals surface area contributed by atoms with Gasteiger partial charge in [0.15, 0.2) is 0 Å². The summed E-state index contributed by atoms with van der Waals surface area (Å²) in [5.74, 6) is 0.303. The Morgan fingerprint density at radius 3 is 3.00 bits per heavy atom. The molecule has 1 aliphatic carbocycles. The fourth-order valence-corrected chi connectivity index (χ4v) is 1.91. The molecule has 0 N–H and O–H groups in total. The smallest absolute Gasteiger partial charge is 0.322 e. The second kappa shape index (κ2) is 2.58. The lowest BCUT2D eigenvalue weighted by Gasteiger charge is -2.21. The summed E-state index contributed by atoms with van der Waals surface area (Å²) in [5.41, 5.74) is 2.08. The van der Waals surface area contributed by atoms with E-state index in [1.807, 2.05) is 42.5 Å². The zero-order valence-corrected chi connectivity index (χ0v) is 7.44. The fraction of sp³-hybridized carbons (Fsp3) is 0.0833. The van der Waals surface area contributed by atoms with Crippen LogP contribution in [0.5, 0.6) is 5.75 Å². The molecule has 1 unspecified atom stereocenters. The number of ether oxygens (including phenoxy) is 1. The average Bonchev–Trinajstić information content (AvgIpc) is 2.67. The van der Waals surface area contributed by atoms with E-state index in [9.17, 15) is 4.79 Å². The molecule has 1 aromatic carbocycles. The van der Waals surface area contributed by atoms with Gasteiger partial charge in [0.1, 0.15) is 11.7 Å². The summed E-state index contributed by atoms with van der Waals surface area (Å²) in [6, 6.07) is 7.62. The van der Waals surface area contributed by atoms with E-state index >= 15 is 0 Å². The van der Waals surface area contributed by atoms with Crippen molar-refractivity contribution < 1.29 is 9.53 Å². The van der Waals surface area contributed by atoms with Crippen LogP contribution in [0.1, 0.15) is 5.56 Å². The highest BCUT2D eigenvalue weighted by atomic mass is 16.5. The molecule has 14 heavy (non-hydrogen) atoms. The van der Waals surface area contributed by atoms with Gasteiger partial charge >= 0.3 is 5.97 Å². The fourth-order valence-electron chi connectivity index (χ4n) is 1.91. The molecular formula is C12H8O2. The van der Waals surface area contributed by atoms with Gasteiger partial charge in [-0.15, -0.1) is 0 Å². The molecule has 2 aliphatic rings. The first-order valence-electron chi connectivity index (χ1n) is 4.56. The molecule has 1 aliphatic heterocycles. The number of hydrogen-bond donors (Lipinski definition) is 0. The second-order valence-electron chi connectivity index (χ2n) is 3.40. The van der Waals surface area contributed by atoms with Gasteiger partial charge < -0.3 is 4.74 Å². The van der Waals surface area contributed by atoms with Crippen molar-refractivity contribution in [2.75, 3.05) is 0 Å².